The summed E-state index contributed by atoms with van der Waals surface area (Å²) in [7, 11) is 0. The minimum absolute atomic E-state index is 0.218. The number of fused-ring (bicyclic) bond motifs is 9. The second kappa shape index (κ2) is 10.1. The van der Waals surface area contributed by atoms with Crippen LogP contribution in [0.15, 0.2) is 143 Å². The summed E-state index contributed by atoms with van der Waals surface area (Å²) in [6.45, 7) is 2.47. The average Bonchev–Trinajstić information content (AvgIpc) is 3.63. The molecule has 0 fully saturated rings. The Balaban J connectivity index is 1.16. The van der Waals surface area contributed by atoms with E-state index in [0.29, 0.717) is 0 Å². The van der Waals surface area contributed by atoms with E-state index < -0.39 is 0 Å². The second-order valence-corrected chi connectivity index (χ2v) is 14.7. The van der Waals surface area contributed by atoms with Gasteiger partial charge in [0.05, 0.1) is 15.7 Å². The fourth-order valence-electron chi connectivity index (χ4n) is 7.79. The molecule has 0 spiro atoms. The summed E-state index contributed by atoms with van der Waals surface area (Å²) in [6, 6.07) is 49.5. The van der Waals surface area contributed by atoms with Crippen molar-refractivity contribution in [2.45, 2.75) is 23.1 Å². The normalized spacial score (nSPS) is 13.4. The van der Waals surface area contributed by atoms with Gasteiger partial charge in [-0.2, -0.15) is 0 Å². The van der Waals surface area contributed by atoms with E-state index in [1.807, 2.05) is 23.1 Å². The van der Waals surface area contributed by atoms with Crippen LogP contribution in [0.1, 0.15) is 22.3 Å². The number of benzene rings is 6. The molecule has 46 heavy (non-hydrogen) atoms. The van der Waals surface area contributed by atoms with Gasteiger partial charge < -0.3 is 4.57 Å². The van der Waals surface area contributed by atoms with Crippen LogP contribution in [0.4, 0.5) is 0 Å². The van der Waals surface area contributed by atoms with E-state index in [1.54, 1.807) is 0 Å². The van der Waals surface area contributed by atoms with Crippen LogP contribution in [-0.4, -0.2) is 11.3 Å². The molecule has 8 aromatic rings. The molecule has 0 bridgehead atoms. The lowest BCUT2D eigenvalue weighted by atomic mass is 9.35. The Morgan fingerprint density at radius 1 is 0.696 bits per heavy atom. The number of thiophene rings is 1. The largest absolute Gasteiger partial charge is 0.309 e. The van der Waals surface area contributed by atoms with E-state index in [-0.39, 0.29) is 6.71 Å². The third-order valence-corrected chi connectivity index (χ3v) is 12.0. The zero-order chi connectivity index (χ0) is 30.4. The minimum Gasteiger partial charge on any atom is -0.309 e. The molecule has 0 N–H and O–H groups in total. The molecule has 1 nitrogen and oxygen atoms in total. The van der Waals surface area contributed by atoms with E-state index >= 15 is 0 Å². The smallest absolute Gasteiger partial charge is 0.249 e. The van der Waals surface area contributed by atoms with Crippen molar-refractivity contribution in [2.75, 3.05) is 0 Å². The molecule has 0 saturated heterocycles. The Morgan fingerprint density at radius 3 is 2.35 bits per heavy atom. The summed E-state index contributed by atoms with van der Waals surface area (Å²) in [5.74, 6) is 0. The highest BCUT2D eigenvalue weighted by atomic mass is 32.2. The molecule has 0 aliphatic carbocycles. The number of aryl methyl sites for hydroxylation is 1. The third kappa shape index (κ3) is 3.90. The number of aromatic nitrogens is 1. The predicted molar refractivity (Wildman–Crippen MR) is 201 cm³/mol. The second-order valence-electron chi connectivity index (χ2n) is 12.6. The molecule has 10 rings (SSSR count). The number of allylic oxidation sites excluding steroid dienone is 1. The van der Waals surface area contributed by atoms with E-state index in [0.717, 1.165) is 6.42 Å². The first-order valence-corrected chi connectivity index (χ1v) is 17.6. The molecule has 4 heteroatoms. The topological polar surface area (TPSA) is 4.93 Å². The molecule has 0 atom stereocenters. The summed E-state index contributed by atoms with van der Waals surface area (Å²) in [4.78, 5) is 2.76. The first kappa shape index (κ1) is 26.5. The molecular formula is C42H28BNS2. The summed E-state index contributed by atoms with van der Waals surface area (Å²) in [6.07, 6.45) is 3.23. The van der Waals surface area contributed by atoms with Crippen molar-refractivity contribution in [3.05, 3.63) is 156 Å². The van der Waals surface area contributed by atoms with Crippen molar-refractivity contribution >= 4 is 89.1 Å². The fourth-order valence-corrected chi connectivity index (χ4v) is 10.3. The highest BCUT2D eigenvalue weighted by molar-refractivity contribution is 8.00. The summed E-state index contributed by atoms with van der Waals surface area (Å²) < 4.78 is 5.35. The molecule has 0 amide bonds. The Hall–Kier alpha value is -4.77. The van der Waals surface area contributed by atoms with Gasteiger partial charge in [-0.05, 0) is 76.4 Å². The lowest BCUT2D eigenvalue weighted by Gasteiger charge is -2.33. The van der Waals surface area contributed by atoms with Gasteiger partial charge in [0.15, 0.2) is 0 Å². The van der Waals surface area contributed by atoms with Gasteiger partial charge in [-0.3, -0.25) is 0 Å². The number of para-hydroxylation sites is 1. The predicted octanol–water partition coefficient (Wildman–Crippen LogP) is 9.38. The number of rotatable bonds is 4. The monoisotopic (exact) mass is 621 g/mol. The van der Waals surface area contributed by atoms with Crippen LogP contribution in [0, 0.1) is 6.92 Å². The van der Waals surface area contributed by atoms with Gasteiger partial charge in [0, 0.05) is 31.0 Å². The molecule has 2 aliphatic rings. The van der Waals surface area contributed by atoms with E-state index in [9.17, 15) is 0 Å². The van der Waals surface area contributed by atoms with Crippen molar-refractivity contribution in [1.82, 2.24) is 4.57 Å². The average molecular weight is 622 g/mol. The van der Waals surface area contributed by atoms with Crippen molar-refractivity contribution in [3.8, 4) is 5.69 Å². The van der Waals surface area contributed by atoms with Gasteiger partial charge in [0.2, 0.25) is 6.71 Å². The van der Waals surface area contributed by atoms with Gasteiger partial charge in [-0.1, -0.05) is 132 Å². The molecule has 2 aliphatic heterocycles. The minimum atomic E-state index is 0.218. The Kier molecular flexibility index (Phi) is 5.82. The molecular weight excluding hydrogens is 593 g/mol. The molecule has 2 aromatic heterocycles. The van der Waals surface area contributed by atoms with Crippen LogP contribution >= 0.6 is 23.1 Å². The van der Waals surface area contributed by atoms with Crippen LogP contribution in [0.2, 0.25) is 0 Å². The molecule has 0 radical (unpaired) electrons. The number of hydrogen-bond donors (Lipinski definition) is 0. The maximum Gasteiger partial charge on any atom is 0.249 e. The zero-order valence-electron chi connectivity index (χ0n) is 25.3. The van der Waals surface area contributed by atoms with Gasteiger partial charge in [-0.25, -0.2) is 0 Å². The third-order valence-electron chi connectivity index (χ3n) is 9.72. The van der Waals surface area contributed by atoms with E-state index in [4.69, 9.17) is 0 Å². The summed E-state index contributed by atoms with van der Waals surface area (Å²) >= 11 is 3.88. The van der Waals surface area contributed by atoms with E-state index in [2.05, 4.69) is 151 Å². The molecule has 0 unspecified atom stereocenters. The number of nitrogens with zero attached hydrogens (tertiary/aromatic N) is 1. The van der Waals surface area contributed by atoms with Crippen LogP contribution < -0.4 is 16.4 Å². The first-order valence-electron chi connectivity index (χ1n) is 15.9. The molecule has 0 saturated carbocycles. The lowest BCUT2D eigenvalue weighted by molar-refractivity contribution is 1.16. The van der Waals surface area contributed by atoms with Crippen LogP contribution in [0.5, 0.6) is 0 Å². The molecule has 216 valence electrons. The van der Waals surface area contributed by atoms with Gasteiger partial charge in [-0.15, -0.1) is 11.3 Å². The van der Waals surface area contributed by atoms with Crippen LogP contribution in [-0.2, 0) is 6.42 Å². The van der Waals surface area contributed by atoms with Crippen LogP contribution in [0.25, 0.3) is 48.5 Å². The van der Waals surface area contributed by atoms with Crippen molar-refractivity contribution in [1.29, 1.82) is 0 Å². The van der Waals surface area contributed by atoms with Gasteiger partial charge in [0.1, 0.15) is 0 Å². The molecule has 4 heterocycles. The van der Waals surface area contributed by atoms with Crippen LogP contribution in [0.3, 0.4) is 0 Å². The Morgan fingerprint density at radius 2 is 1.48 bits per heavy atom. The van der Waals surface area contributed by atoms with Gasteiger partial charge in [0.25, 0.3) is 0 Å². The fraction of sp³-hybridized carbons (Fsp3) is 0.0476. The van der Waals surface area contributed by atoms with Crippen molar-refractivity contribution < 1.29 is 0 Å². The quantitative estimate of drug-likeness (QED) is 0.140. The van der Waals surface area contributed by atoms with Gasteiger partial charge >= 0.3 is 0 Å². The lowest BCUT2D eigenvalue weighted by Crippen LogP contribution is -2.58. The SMILES string of the molecule is Cc1cc2c3c(c1)-n1c4c(cccc4c4sc5ccccc5c41)B3c1ccc(C/C(=C/c3ccccc3)c3ccccc3)cc1S2. The zero-order valence-corrected chi connectivity index (χ0v) is 27.0. The summed E-state index contributed by atoms with van der Waals surface area (Å²) in [5, 5.41) is 2.72. The van der Waals surface area contributed by atoms with Crippen molar-refractivity contribution in [3.63, 3.8) is 0 Å². The highest BCUT2D eigenvalue weighted by Crippen LogP contribution is 2.44. The maximum atomic E-state index is 2.60. The maximum absolute atomic E-state index is 2.60. The van der Waals surface area contributed by atoms with E-state index in [1.165, 1.54) is 90.9 Å². The molecule has 6 aromatic carbocycles. The highest BCUT2D eigenvalue weighted by Gasteiger charge is 2.40. The summed E-state index contributed by atoms with van der Waals surface area (Å²) in [5.41, 5.74) is 14.9. The standard InChI is InChI=1S/C42H28BNS2/c1-26-21-35-39-38(22-26)45-37-25-28(24-30(29-13-6-3-7-14-29)23-27-11-4-2-5-12-27)19-20-33(37)43(39)34-17-10-16-32-40(34)44(35)41-31-15-8-9-18-36(31)46-42(32)41/h2-23,25H,24H2,1H3/b30-23-. The Bertz CT molecular complexity index is 2540. The van der Waals surface area contributed by atoms with Crippen molar-refractivity contribution in [2.24, 2.45) is 0 Å². The Labute approximate surface area is 276 Å². The first-order chi connectivity index (χ1) is 22.7. The number of hydrogen-bond acceptors (Lipinski definition) is 2.